The van der Waals surface area contributed by atoms with Gasteiger partial charge >= 0.3 is 0 Å². The molecule has 35 heavy (non-hydrogen) atoms. The summed E-state index contributed by atoms with van der Waals surface area (Å²) >= 11 is 0. The van der Waals surface area contributed by atoms with E-state index in [0.717, 1.165) is 44.9 Å². The van der Waals surface area contributed by atoms with E-state index in [1.165, 1.54) is 0 Å². The van der Waals surface area contributed by atoms with Crippen LogP contribution in [0, 0.1) is 0 Å². The molecule has 1 aromatic carbocycles. The molecule has 10 heteroatoms. The third kappa shape index (κ3) is 3.43. The molecule has 2 aliphatic rings. The second-order valence-corrected chi connectivity index (χ2v) is 9.59. The Morgan fingerprint density at radius 2 is 1.74 bits per heavy atom. The van der Waals surface area contributed by atoms with Gasteiger partial charge in [0.15, 0.2) is 0 Å². The number of nitrogens with zero attached hydrogens (tertiary/aromatic N) is 8. The van der Waals surface area contributed by atoms with Crippen LogP contribution in [0.4, 0.5) is 0 Å². The zero-order valence-electron chi connectivity index (χ0n) is 20.4. The van der Waals surface area contributed by atoms with Gasteiger partial charge in [0.1, 0.15) is 11.5 Å². The van der Waals surface area contributed by atoms with Gasteiger partial charge in [-0.1, -0.05) is 6.07 Å². The minimum absolute atomic E-state index is 0.0675. The predicted molar refractivity (Wildman–Crippen MR) is 130 cm³/mol. The SMILES string of the molecule is CC(=O)N1CCn2c(C3CN(C(C)=O)C3)nc(-c3ccc4c(c3)c(-c3cnn(C)c3)nn4C)c2C1. The molecule has 5 heterocycles. The van der Waals surface area contributed by atoms with Gasteiger partial charge in [-0.05, 0) is 12.1 Å². The zero-order chi connectivity index (χ0) is 24.4. The van der Waals surface area contributed by atoms with Crippen LogP contribution in [-0.4, -0.2) is 70.4 Å². The van der Waals surface area contributed by atoms with E-state index in [1.54, 1.807) is 18.5 Å². The third-order valence-electron chi connectivity index (χ3n) is 7.28. The lowest BCUT2D eigenvalue weighted by atomic mass is 9.99. The summed E-state index contributed by atoms with van der Waals surface area (Å²) in [5, 5.41) is 10.1. The quantitative estimate of drug-likeness (QED) is 0.455. The first-order valence-corrected chi connectivity index (χ1v) is 11.9. The van der Waals surface area contributed by atoms with Crippen LogP contribution < -0.4 is 0 Å². The Labute approximate surface area is 202 Å². The third-order valence-corrected chi connectivity index (χ3v) is 7.28. The summed E-state index contributed by atoms with van der Waals surface area (Å²) in [6, 6.07) is 6.31. The molecule has 0 radical (unpaired) electrons. The molecular weight excluding hydrogens is 444 g/mol. The summed E-state index contributed by atoms with van der Waals surface area (Å²) in [7, 11) is 3.84. The van der Waals surface area contributed by atoms with Gasteiger partial charge in [-0.25, -0.2) is 4.98 Å². The van der Waals surface area contributed by atoms with Gasteiger partial charge in [0.05, 0.1) is 35.6 Å². The van der Waals surface area contributed by atoms with E-state index >= 15 is 0 Å². The zero-order valence-corrected chi connectivity index (χ0v) is 20.4. The fraction of sp³-hybridized carbons (Fsp3) is 0.400. The molecule has 3 aromatic heterocycles. The fourth-order valence-electron chi connectivity index (χ4n) is 5.28. The highest BCUT2D eigenvalue weighted by Gasteiger charge is 2.36. The average molecular weight is 473 g/mol. The van der Waals surface area contributed by atoms with Crippen LogP contribution in [0.5, 0.6) is 0 Å². The molecule has 0 atom stereocenters. The fourth-order valence-corrected chi connectivity index (χ4v) is 5.28. The number of aromatic nitrogens is 6. The molecule has 0 unspecified atom stereocenters. The second kappa shape index (κ2) is 7.79. The Bertz CT molecular complexity index is 1490. The van der Waals surface area contributed by atoms with Gasteiger partial charge < -0.3 is 14.4 Å². The molecule has 180 valence electrons. The molecule has 2 amide bonds. The monoisotopic (exact) mass is 472 g/mol. The van der Waals surface area contributed by atoms with Crippen LogP contribution in [-0.2, 0) is 36.8 Å². The van der Waals surface area contributed by atoms with Crippen LogP contribution in [0.15, 0.2) is 30.6 Å². The van der Waals surface area contributed by atoms with E-state index < -0.39 is 0 Å². The molecule has 0 saturated carbocycles. The van der Waals surface area contributed by atoms with E-state index in [0.29, 0.717) is 32.7 Å². The predicted octanol–water partition coefficient (Wildman–Crippen LogP) is 2.15. The summed E-state index contributed by atoms with van der Waals surface area (Å²) in [5.41, 5.74) is 5.82. The average Bonchev–Trinajstić information content (AvgIpc) is 3.48. The van der Waals surface area contributed by atoms with Gasteiger partial charge in [-0.15, -0.1) is 0 Å². The summed E-state index contributed by atoms with van der Waals surface area (Å²) in [6.45, 7) is 6.51. The van der Waals surface area contributed by atoms with Gasteiger partial charge in [-0.2, -0.15) is 10.2 Å². The summed E-state index contributed by atoms with van der Waals surface area (Å²) in [5.74, 6) is 1.38. The normalized spacial score (nSPS) is 16.0. The maximum atomic E-state index is 12.2. The van der Waals surface area contributed by atoms with Crippen molar-refractivity contribution < 1.29 is 9.59 Å². The smallest absolute Gasteiger partial charge is 0.219 e. The van der Waals surface area contributed by atoms with Gasteiger partial charge in [-0.3, -0.25) is 19.0 Å². The standard InChI is InChI=1S/C25H28N8O2/c1-15(34)31-7-8-33-22(14-31)24(27-25(33)19-12-32(13-19)16(2)35)17-5-6-21-20(9-17)23(28-30(21)4)18-10-26-29(3)11-18/h5-6,9-11,19H,7-8,12-14H2,1-4H3. The number of amides is 2. The highest BCUT2D eigenvalue weighted by molar-refractivity contribution is 5.96. The molecule has 2 aliphatic heterocycles. The Morgan fingerprint density at radius 1 is 0.971 bits per heavy atom. The first-order chi connectivity index (χ1) is 16.8. The lowest BCUT2D eigenvalue weighted by Crippen LogP contribution is -2.48. The van der Waals surface area contributed by atoms with Crippen molar-refractivity contribution >= 4 is 22.7 Å². The van der Waals surface area contributed by atoms with Crippen molar-refractivity contribution in [3.63, 3.8) is 0 Å². The van der Waals surface area contributed by atoms with E-state index in [9.17, 15) is 9.59 Å². The highest BCUT2D eigenvalue weighted by atomic mass is 16.2. The number of rotatable bonds is 3. The van der Waals surface area contributed by atoms with Crippen LogP contribution in [0.3, 0.4) is 0 Å². The number of carbonyl (C=O) groups is 2. The number of hydrogen-bond donors (Lipinski definition) is 0. The van der Waals surface area contributed by atoms with E-state index in [4.69, 9.17) is 10.1 Å². The number of fused-ring (bicyclic) bond motifs is 2. The van der Waals surface area contributed by atoms with Crippen molar-refractivity contribution in [3.8, 4) is 22.5 Å². The molecule has 0 aliphatic carbocycles. The van der Waals surface area contributed by atoms with Crippen molar-refractivity contribution in [2.24, 2.45) is 14.1 Å². The topological polar surface area (TPSA) is 94.1 Å². The lowest BCUT2D eigenvalue weighted by molar-refractivity contribution is -0.133. The molecule has 4 aromatic rings. The van der Waals surface area contributed by atoms with Crippen molar-refractivity contribution in [3.05, 3.63) is 42.1 Å². The van der Waals surface area contributed by atoms with Crippen LogP contribution in [0.1, 0.15) is 31.3 Å². The first-order valence-electron chi connectivity index (χ1n) is 11.9. The van der Waals surface area contributed by atoms with Crippen LogP contribution in [0.2, 0.25) is 0 Å². The summed E-state index contributed by atoms with van der Waals surface area (Å²) < 4.78 is 5.93. The number of benzene rings is 1. The Kier molecular flexibility index (Phi) is 4.80. The van der Waals surface area contributed by atoms with E-state index in [2.05, 4.69) is 27.9 Å². The minimum Gasteiger partial charge on any atom is -0.341 e. The number of imidazole rings is 1. The molecule has 6 rings (SSSR count). The Hall–Kier alpha value is -3.95. The summed E-state index contributed by atoms with van der Waals surface area (Å²) in [4.78, 5) is 32.8. The molecule has 10 nitrogen and oxygen atoms in total. The van der Waals surface area contributed by atoms with Crippen molar-refractivity contribution in [2.45, 2.75) is 32.9 Å². The molecular formula is C25H28N8O2. The van der Waals surface area contributed by atoms with E-state index in [-0.39, 0.29) is 17.7 Å². The first kappa shape index (κ1) is 21.6. The highest BCUT2D eigenvalue weighted by Crippen LogP contribution is 2.37. The van der Waals surface area contributed by atoms with Gasteiger partial charge in [0, 0.05) is 76.8 Å². The van der Waals surface area contributed by atoms with E-state index in [1.807, 2.05) is 41.0 Å². The number of carbonyl (C=O) groups excluding carboxylic acids is 2. The molecule has 0 bridgehead atoms. The Balaban J connectivity index is 1.47. The van der Waals surface area contributed by atoms with Crippen LogP contribution in [0.25, 0.3) is 33.4 Å². The van der Waals surface area contributed by atoms with Crippen molar-refractivity contribution in [1.29, 1.82) is 0 Å². The second-order valence-electron chi connectivity index (χ2n) is 9.59. The van der Waals surface area contributed by atoms with Crippen molar-refractivity contribution in [2.75, 3.05) is 19.6 Å². The van der Waals surface area contributed by atoms with Gasteiger partial charge in [0.25, 0.3) is 0 Å². The molecule has 0 N–H and O–H groups in total. The largest absolute Gasteiger partial charge is 0.341 e. The maximum Gasteiger partial charge on any atom is 0.219 e. The molecule has 1 saturated heterocycles. The number of likely N-dealkylation sites (tertiary alicyclic amines) is 1. The molecule has 1 fully saturated rings. The number of hydrogen-bond acceptors (Lipinski definition) is 5. The minimum atomic E-state index is 0.0675. The maximum absolute atomic E-state index is 12.2. The number of aryl methyl sites for hydroxylation is 2. The Morgan fingerprint density at radius 3 is 2.43 bits per heavy atom. The molecule has 0 spiro atoms. The summed E-state index contributed by atoms with van der Waals surface area (Å²) in [6.07, 6.45) is 3.79. The van der Waals surface area contributed by atoms with Crippen molar-refractivity contribution in [1.82, 2.24) is 38.9 Å². The van der Waals surface area contributed by atoms with Crippen LogP contribution >= 0.6 is 0 Å². The van der Waals surface area contributed by atoms with Gasteiger partial charge in [0.2, 0.25) is 11.8 Å². The lowest BCUT2D eigenvalue weighted by Gasteiger charge is -2.39.